The number of piperidine rings is 1. The lowest BCUT2D eigenvalue weighted by Crippen LogP contribution is -2.36. The van der Waals surface area contributed by atoms with Gasteiger partial charge >= 0.3 is 5.69 Å². The highest BCUT2D eigenvalue weighted by Crippen LogP contribution is 2.41. The Hall–Kier alpha value is -1.18. The molecule has 2 heterocycles. The van der Waals surface area contributed by atoms with Gasteiger partial charge in [0.15, 0.2) is 5.00 Å². The van der Waals surface area contributed by atoms with Crippen molar-refractivity contribution >= 4 is 22.0 Å². The van der Waals surface area contributed by atoms with Gasteiger partial charge in [-0.3, -0.25) is 10.1 Å². The molecule has 0 saturated carbocycles. The number of nitro groups is 1. The average Bonchev–Trinajstić information content (AvgIpc) is 2.84. The van der Waals surface area contributed by atoms with Crippen LogP contribution in [0.5, 0.6) is 0 Å². The summed E-state index contributed by atoms with van der Waals surface area (Å²) in [5.74, 6) is 0.659. The highest BCUT2D eigenvalue weighted by molar-refractivity contribution is 7.16. The number of rotatable bonds is 5. The first-order chi connectivity index (χ1) is 9.88. The standard InChI is InChI=1S/C14H23N3O3S/c1-10(18)13-8-12(17(19)20)14(21-13)16-6-4-11(5-7-16)9-15(2)3/h8,10-11,18H,4-7,9H2,1-3H3/t10-/m0/s1. The molecule has 0 radical (unpaired) electrons. The quantitative estimate of drug-likeness (QED) is 0.668. The molecule has 1 aromatic heterocycles. The Bertz CT molecular complexity index is 494. The van der Waals surface area contributed by atoms with E-state index in [0.29, 0.717) is 15.8 Å². The van der Waals surface area contributed by atoms with E-state index >= 15 is 0 Å². The van der Waals surface area contributed by atoms with E-state index in [1.165, 1.54) is 17.4 Å². The van der Waals surface area contributed by atoms with E-state index in [1.54, 1.807) is 6.92 Å². The first kappa shape index (κ1) is 16.2. The molecule has 1 aliphatic rings. The molecule has 2 rings (SSSR count). The highest BCUT2D eigenvalue weighted by atomic mass is 32.1. The van der Waals surface area contributed by atoms with Crippen molar-refractivity contribution in [3.63, 3.8) is 0 Å². The maximum Gasteiger partial charge on any atom is 0.304 e. The minimum absolute atomic E-state index is 0.127. The topological polar surface area (TPSA) is 69.8 Å². The van der Waals surface area contributed by atoms with E-state index in [2.05, 4.69) is 23.9 Å². The molecule has 1 aromatic rings. The van der Waals surface area contributed by atoms with Gasteiger partial charge in [0.2, 0.25) is 0 Å². The largest absolute Gasteiger partial charge is 0.388 e. The zero-order valence-electron chi connectivity index (χ0n) is 12.8. The van der Waals surface area contributed by atoms with Crippen LogP contribution in [0, 0.1) is 16.0 Å². The number of hydrogen-bond donors (Lipinski definition) is 1. The molecule has 6 nitrogen and oxygen atoms in total. The molecule has 21 heavy (non-hydrogen) atoms. The Morgan fingerprint density at radius 3 is 2.62 bits per heavy atom. The van der Waals surface area contributed by atoms with Crippen LogP contribution in [0.2, 0.25) is 0 Å². The molecule has 0 amide bonds. The molecule has 0 spiro atoms. The third kappa shape index (κ3) is 3.93. The molecule has 1 aliphatic heterocycles. The van der Waals surface area contributed by atoms with Gasteiger partial charge < -0.3 is 14.9 Å². The van der Waals surface area contributed by atoms with Gasteiger partial charge in [-0.25, -0.2) is 0 Å². The summed E-state index contributed by atoms with van der Waals surface area (Å²) in [4.78, 5) is 15.8. The number of hydrogen-bond acceptors (Lipinski definition) is 6. The van der Waals surface area contributed by atoms with Crippen molar-refractivity contribution in [3.05, 3.63) is 21.1 Å². The monoisotopic (exact) mass is 313 g/mol. The van der Waals surface area contributed by atoms with E-state index in [9.17, 15) is 15.2 Å². The summed E-state index contributed by atoms with van der Waals surface area (Å²) in [5.41, 5.74) is 0.127. The zero-order valence-corrected chi connectivity index (χ0v) is 13.6. The lowest BCUT2D eigenvalue weighted by atomic mass is 9.96. The lowest BCUT2D eigenvalue weighted by molar-refractivity contribution is -0.383. The van der Waals surface area contributed by atoms with E-state index in [4.69, 9.17) is 0 Å². The van der Waals surface area contributed by atoms with Crippen LogP contribution in [0.15, 0.2) is 6.07 Å². The number of nitrogens with zero attached hydrogens (tertiary/aromatic N) is 3. The fourth-order valence-electron chi connectivity index (χ4n) is 2.79. The normalized spacial score (nSPS) is 18.2. The van der Waals surface area contributed by atoms with Gasteiger partial charge in [0.25, 0.3) is 0 Å². The highest BCUT2D eigenvalue weighted by Gasteiger charge is 2.28. The van der Waals surface area contributed by atoms with Crippen LogP contribution in [-0.2, 0) is 0 Å². The molecule has 1 N–H and O–H groups in total. The Labute approximate surface area is 129 Å². The molecule has 1 fully saturated rings. The number of aliphatic hydroxyl groups excluding tert-OH is 1. The second kappa shape index (κ2) is 6.72. The van der Waals surface area contributed by atoms with Crippen LogP contribution < -0.4 is 4.90 Å². The maximum atomic E-state index is 11.2. The van der Waals surface area contributed by atoms with Crippen molar-refractivity contribution < 1.29 is 10.0 Å². The van der Waals surface area contributed by atoms with Gasteiger partial charge in [0.05, 0.1) is 11.0 Å². The summed E-state index contributed by atoms with van der Waals surface area (Å²) >= 11 is 1.34. The predicted molar refractivity (Wildman–Crippen MR) is 85.1 cm³/mol. The zero-order chi connectivity index (χ0) is 15.6. The van der Waals surface area contributed by atoms with Crippen molar-refractivity contribution in [1.82, 2.24) is 4.90 Å². The Morgan fingerprint density at radius 1 is 1.52 bits per heavy atom. The molecule has 1 atom stereocenters. The number of thiophene rings is 1. The van der Waals surface area contributed by atoms with Gasteiger partial charge in [-0.15, -0.1) is 11.3 Å². The Kier molecular flexibility index (Phi) is 5.18. The lowest BCUT2D eigenvalue weighted by Gasteiger charge is -2.33. The van der Waals surface area contributed by atoms with Gasteiger partial charge in [-0.1, -0.05) is 0 Å². The van der Waals surface area contributed by atoms with E-state index in [1.807, 2.05) is 0 Å². The van der Waals surface area contributed by atoms with Crippen LogP contribution in [0.1, 0.15) is 30.7 Å². The van der Waals surface area contributed by atoms with Crippen molar-refractivity contribution in [2.24, 2.45) is 5.92 Å². The number of aliphatic hydroxyl groups is 1. The molecule has 1 saturated heterocycles. The molecular formula is C14H23N3O3S. The molecule has 0 bridgehead atoms. The van der Waals surface area contributed by atoms with Crippen molar-refractivity contribution in [1.29, 1.82) is 0 Å². The summed E-state index contributed by atoms with van der Waals surface area (Å²) in [6.45, 7) is 4.40. The SMILES string of the molecule is C[C@H](O)c1cc([N+](=O)[O-])c(N2CCC(CN(C)C)CC2)s1. The van der Waals surface area contributed by atoms with Crippen LogP contribution in [0.3, 0.4) is 0 Å². The van der Waals surface area contributed by atoms with Crippen molar-refractivity contribution in [2.75, 3.05) is 38.6 Å². The van der Waals surface area contributed by atoms with Crippen LogP contribution in [0.25, 0.3) is 0 Å². The van der Waals surface area contributed by atoms with Crippen LogP contribution in [-0.4, -0.2) is 48.7 Å². The summed E-state index contributed by atoms with van der Waals surface area (Å²) in [7, 11) is 4.15. The van der Waals surface area contributed by atoms with Crippen molar-refractivity contribution in [2.45, 2.75) is 25.9 Å². The van der Waals surface area contributed by atoms with Gasteiger partial charge in [0, 0.05) is 30.6 Å². The maximum absolute atomic E-state index is 11.2. The van der Waals surface area contributed by atoms with Crippen LogP contribution >= 0.6 is 11.3 Å². The number of anilines is 1. The van der Waals surface area contributed by atoms with Crippen LogP contribution in [0.4, 0.5) is 10.7 Å². The van der Waals surface area contributed by atoms with Gasteiger partial charge in [-0.2, -0.15) is 0 Å². The fourth-order valence-corrected chi connectivity index (χ4v) is 3.90. The molecular weight excluding hydrogens is 290 g/mol. The summed E-state index contributed by atoms with van der Waals surface area (Å²) in [6.07, 6.45) is 1.45. The minimum atomic E-state index is -0.659. The van der Waals surface area contributed by atoms with E-state index in [-0.39, 0.29) is 10.6 Å². The van der Waals surface area contributed by atoms with Gasteiger partial charge in [-0.05, 0) is 39.8 Å². The molecule has 118 valence electrons. The summed E-state index contributed by atoms with van der Waals surface area (Å²) in [6, 6.07) is 1.51. The van der Waals surface area contributed by atoms with Crippen molar-refractivity contribution in [3.8, 4) is 0 Å². The fraction of sp³-hybridized carbons (Fsp3) is 0.714. The summed E-state index contributed by atoms with van der Waals surface area (Å²) < 4.78 is 0. The Balaban J connectivity index is 2.10. The van der Waals surface area contributed by atoms with E-state index in [0.717, 1.165) is 32.5 Å². The third-order valence-electron chi connectivity index (χ3n) is 3.85. The predicted octanol–water partition coefficient (Wildman–Crippen LogP) is 2.49. The molecule has 0 unspecified atom stereocenters. The molecule has 7 heteroatoms. The van der Waals surface area contributed by atoms with E-state index < -0.39 is 6.10 Å². The third-order valence-corrected chi connectivity index (χ3v) is 5.20. The molecule has 0 aromatic carbocycles. The summed E-state index contributed by atoms with van der Waals surface area (Å²) in [5, 5.41) is 21.5. The minimum Gasteiger partial charge on any atom is -0.388 e. The smallest absolute Gasteiger partial charge is 0.304 e. The molecule has 0 aliphatic carbocycles. The first-order valence-electron chi connectivity index (χ1n) is 7.24. The Morgan fingerprint density at radius 2 is 2.14 bits per heavy atom. The average molecular weight is 313 g/mol. The second-order valence-electron chi connectivity index (χ2n) is 5.96. The second-order valence-corrected chi connectivity index (χ2v) is 7.03. The first-order valence-corrected chi connectivity index (χ1v) is 8.06. The van der Waals surface area contributed by atoms with Gasteiger partial charge in [0.1, 0.15) is 0 Å².